The molecule has 0 saturated carbocycles. The van der Waals surface area contributed by atoms with Gasteiger partial charge in [-0.05, 0) is 36.4 Å². The van der Waals surface area contributed by atoms with E-state index in [1.165, 1.54) is 36.4 Å². The number of nitrogens with zero attached hydrogens (tertiary/aromatic N) is 3. The third-order valence-electron chi connectivity index (χ3n) is 2.72. The van der Waals surface area contributed by atoms with Gasteiger partial charge in [-0.2, -0.15) is 0 Å². The van der Waals surface area contributed by atoms with Crippen LogP contribution in [-0.4, -0.2) is 23.6 Å². The molecule has 0 spiro atoms. The van der Waals surface area contributed by atoms with E-state index in [0.717, 1.165) is 0 Å². The summed E-state index contributed by atoms with van der Waals surface area (Å²) in [5.41, 5.74) is 0.542. The second-order valence-corrected chi connectivity index (χ2v) is 4.79. The van der Waals surface area contributed by atoms with Crippen molar-refractivity contribution in [3.05, 3.63) is 58.1 Å². The van der Waals surface area contributed by atoms with Gasteiger partial charge in [-0.1, -0.05) is 11.6 Å². The van der Waals surface area contributed by atoms with Gasteiger partial charge < -0.3 is 5.11 Å². The molecule has 8 heteroatoms. The molecular weight excluding hydrogens is 322 g/mol. The highest BCUT2D eigenvalue weighted by atomic mass is 35.5. The summed E-state index contributed by atoms with van der Waals surface area (Å²) >= 11 is 5.73. The Bertz CT molecular complexity index is 832. The van der Waals surface area contributed by atoms with Gasteiger partial charge in [-0.15, -0.1) is 0 Å². The first-order valence-corrected chi connectivity index (χ1v) is 6.61. The molecule has 0 aliphatic heterocycles. The van der Waals surface area contributed by atoms with E-state index in [9.17, 15) is 19.5 Å². The van der Waals surface area contributed by atoms with E-state index in [0.29, 0.717) is 12.6 Å². The molecule has 2 rings (SSSR count). The SMILES string of the molecule is O=Cc1cc(C=O)cc(N=[N+]=NC(=O)c2cc(Cl)ccc2O)c1. The summed E-state index contributed by atoms with van der Waals surface area (Å²) in [6.07, 6.45) is 1.11. The minimum atomic E-state index is -0.837. The van der Waals surface area contributed by atoms with Crippen molar-refractivity contribution in [2.24, 2.45) is 10.2 Å². The number of benzene rings is 2. The molecule has 7 nitrogen and oxygen atoms in total. The normalized spacial score (nSPS) is 9.61. The predicted octanol–water partition coefficient (Wildman–Crippen LogP) is 3.11. The first-order chi connectivity index (χ1) is 11.0. The molecule has 2 aromatic rings. The van der Waals surface area contributed by atoms with Gasteiger partial charge >= 0.3 is 5.91 Å². The van der Waals surface area contributed by atoms with Crippen LogP contribution in [0.3, 0.4) is 0 Å². The molecule has 0 atom stereocenters. The van der Waals surface area contributed by atoms with Crippen LogP contribution < -0.4 is 4.91 Å². The predicted molar refractivity (Wildman–Crippen MR) is 81.3 cm³/mol. The quantitative estimate of drug-likeness (QED) is 0.527. The van der Waals surface area contributed by atoms with Crippen molar-refractivity contribution in [2.45, 2.75) is 0 Å². The number of hydrogen-bond acceptors (Lipinski definition) is 5. The van der Waals surface area contributed by atoms with Crippen LogP contribution in [0.5, 0.6) is 5.75 Å². The van der Waals surface area contributed by atoms with Crippen molar-refractivity contribution in [3.63, 3.8) is 0 Å². The van der Waals surface area contributed by atoms with Crippen LogP contribution in [0.4, 0.5) is 5.69 Å². The van der Waals surface area contributed by atoms with Gasteiger partial charge in [0.1, 0.15) is 18.3 Å². The molecule has 0 aliphatic carbocycles. The molecule has 0 aliphatic rings. The number of aromatic hydroxyl groups is 1. The summed E-state index contributed by atoms with van der Waals surface area (Å²) in [5.74, 6) is -1.12. The van der Waals surface area contributed by atoms with E-state index in [-0.39, 0.29) is 33.1 Å². The van der Waals surface area contributed by atoms with E-state index in [4.69, 9.17) is 11.6 Å². The summed E-state index contributed by atoms with van der Waals surface area (Å²) in [4.78, 5) is 36.7. The fraction of sp³-hybridized carbons (Fsp3) is 0. The highest BCUT2D eigenvalue weighted by Gasteiger charge is 2.15. The second-order valence-electron chi connectivity index (χ2n) is 4.35. The van der Waals surface area contributed by atoms with Gasteiger partial charge in [0.05, 0.1) is 5.56 Å². The number of carbonyl (C=O) groups is 3. The molecule has 0 unspecified atom stereocenters. The van der Waals surface area contributed by atoms with Crippen LogP contribution in [0.2, 0.25) is 5.02 Å². The van der Waals surface area contributed by atoms with E-state index >= 15 is 0 Å². The number of phenols is 1. The smallest absolute Gasteiger partial charge is 0.364 e. The zero-order valence-electron chi connectivity index (χ0n) is 11.5. The number of halogens is 1. The largest absolute Gasteiger partial charge is 0.507 e. The number of carbonyl (C=O) groups excluding carboxylic acids is 3. The third-order valence-corrected chi connectivity index (χ3v) is 2.95. The maximum atomic E-state index is 11.8. The summed E-state index contributed by atoms with van der Waals surface area (Å²) < 4.78 is 0. The molecule has 2 aromatic carbocycles. The van der Waals surface area contributed by atoms with Crippen molar-refractivity contribution in [1.29, 1.82) is 0 Å². The second kappa shape index (κ2) is 7.22. The molecule has 1 N–H and O–H groups in total. The molecule has 0 saturated heterocycles. The molecule has 0 fully saturated rings. The maximum Gasteiger partial charge on any atom is 0.364 e. The summed E-state index contributed by atoms with van der Waals surface area (Å²) in [7, 11) is 0. The van der Waals surface area contributed by atoms with E-state index < -0.39 is 5.91 Å². The van der Waals surface area contributed by atoms with Crippen LogP contribution >= 0.6 is 11.6 Å². The topological polar surface area (TPSA) is 110 Å². The minimum absolute atomic E-state index is 0.119. The molecule has 0 aromatic heterocycles. The maximum absolute atomic E-state index is 11.8. The highest BCUT2D eigenvalue weighted by Crippen LogP contribution is 2.22. The lowest BCUT2D eigenvalue weighted by atomic mass is 10.1. The first kappa shape index (κ1) is 16.2. The van der Waals surface area contributed by atoms with Crippen LogP contribution in [-0.2, 0) is 0 Å². The van der Waals surface area contributed by atoms with Crippen molar-refractivity contribution in [2.75, 3.05) is 0 Å². The molecule has 1 amide bonds. The average Bonchev–Trinajstić information content (AvgIpc) is 2.56. The summed E-state index contributed by atoms with van der Waals surface area (Å²) in [5, 5.41) is 16.8. The number of phenolic OH excluding ortho intramolecular Hbond substituents is 1. The molecule has 0 bridgehead atoms. The van der Waals surface area contributed by atoms with Crippen LogP contribution in [0.25, 0.3) is 0 Å². The number of hydrogen-bond donors (Lipinski definition) is 1. The monoisotopic (exact) mass is 330 g/mol. The average molecular weight is 331 g/mol. The van der Waals surface area contributed by atoms with E-state index in [2.05, 4.69) is 15.1 Å². The standard InChI is InChI=1S/C15H8ClN3O4/c16-11-1-2-14(22)13(6-11)15(23)18-19-17-12-4-9(7-20)3-10(5-12)8-21/h1-8H/p+1. The molecule has 0 radical (unpaired) electrons. The third kappa shape index (κ3) is 4.16. The highest BCUT2D eigenvalue weighted by molar-refractivity contribution is 6.31. The summed E-state index contributed by atoms with van der Waals surface area (Å²) in [6.45, 7) is 0. The van der Waals surface area contributed by atoms with E-state index in [1.54, 1.807) is 0 Å². The number of amides is 1. The van der Waals surface area contributed by atoms with Crippen LogP contribution in [0.1, 0.15) is 31.1 Å². The van der Waals surface area contributed by atoms with Crippen LogP contribution in [0, 0.1) is 0 Å². The zero-order valence-corrected chi connectivity index (χ0v) is 12.3. The van der Waals surface area contributed by atoms with Crippen molar-refractivity contribution >= 4 is 35.8 Å². The number of aldehydes is 2. The Balaban J connectivity index is 2.30. The Kier molecular flexibility index (Phi) is 5.09. The van der Waals surface area contributed by atoms with Crippen LogP contribution in [0.15, 0.2) is 46.6 Å². The van der Waals surface area contributed by atoms with Gasteiger partial charge in [0.15, 0.2) is 10.8 Å². The summed E-state index contributed by atoms with van der Waals surface area (Å²) in [6, 6.07) is 8.05. The lowest BCUT2D eigenvalue weighted by Crippen LogP contribution is -1.95. The van der Waals surface area contributed by atoms with Gasteiger partial charge in [0.2, 0.25) is 10.0 Å². The van der Waals surface area contributed by atoms with Gasteiger partial charge in [0, 0.05) is 16.1 Å². The Morgan fingerprint density at radius 1 is 1.09 bits per heavy atom. The molecule has 114 valence electrons. The lowest BCUT2D eigenvalue weighted by molar-refractivity contribution is 0.0989. The number of rotatable bonds is 4. The van der Waals surface area contributed by atoms with Gasteiger partial charge in [-0.3, -0.25) is 14.4 Å². The zero-order chi connectivity index (χ0) is 16.8. The Morgan fingerprint density at radius 2 is 1.74 bits per heavy atom. The minimum Gasteiger partial charge on any atom is -0.507 e. The fourth-order valence-electron chi connectivity index (χ4n) is 1.70. The Labute approximate surface area is 135 Å². The van der Waals surface area contributed by atoms with E-state index in [1.807, 2.05) is 0 Å². The van der Waals surface area contributed by atoms with Crippen molar-refractivity contribution in [3.8, 4) is 5.75 Å². The van der Waals surface area contributed by atoms with Crippen molar-refractivity contribution < 1.29 is 19.5 Å². The Hall–Kier alpha value is -3.15. The van der Waals surface area contributed by atoms with Gasteiger partial charge in [-0.25, -0.2) is 0 Å². The molecular formula is C15H9ClN3O4+. The first-order valence-electron chi connectivity index (χ1n) is 6.23. The van der Waals surface area contributed by atoms with Crippen molar-refractivity contribution in [1.82, 2.24) is 4.91 Å². The lowest BCUT2D eigenvalue weighted by Gasteiger charge is -1.96. The molecule has 23 heavy (non-hydrogen) atoms. The Morgan fingerprint density at radius 3 is 2.35 bits per heavy atom. The van der Waals surface area contributed by atoms with Gasteiger partial charge in [0.25, 0.3) is 0 Å². The molecule has 0 heterocycles. The fourth-order valence-corrected chi connectivity index (χ4v) is 1.87.